The van der Waals surface area contributed by atoms with Gasteiger partial charge in [0.1, 0.15) is 17.7 Å². The molecule has 1 aliphatic rings. The maximum absolute atomic E-state index is 13.3. The number of amides is 4. The van der Waals surface area contributed by atoms with Gasteiger partial charge in [0.15, 0.2) is 0 Å². The van der Waals surface area contributed by atoms with Crippen LogP contribution in [-0.4, -0.2) is 77.8 Å². The highest BCUT2D eigenvalue weighted by Crippen LogP contribution is 2.30. The second kappa shape index (κ2) is 13.7. The summed E-state index contributed by atoms with van der Waals surface area (Å²) >= 11 is 0. The molecule has 224 valence electrons. The second-order valence-corrected chi connectivity index (χ2v) is 10.2. The van der Waals surface area contributed by atoms with Crippen molar-refractivity contribution in [3.63, 3.8) is 0 Å². The standard InChI is InChI=1S/C28H34F4N4O5/c1-17-14-36(18(2)16-37)26(39)13-19-12-22(33-25(38)10-11-28(30,31)32)8-9-23(19)41-24(17)15-35(3)27(40)34-21-6-4-20(29)5-7-21/h4-9,12,17-18,24,37H,10-11,13-16H2,1-3H3,(H,33,38)(H,34,40)/t17-,18-,24-/m0/s1. The first-order valence-electron chi connectivity index (χ1n) is 13.1. The molecule has 0 saturated heterocycles. The van der Waals surface area contributed by atoms with Gasteiger partial charge in [0.05, 0.1) is 32.0 Å². The first kappa shape index (κ1) is 31.7. The van der Waals surface area contributed by atoms with Crippen molar-refractivity contribution in [1.82, 2.24) is 9.80 Å². The van der Waals surface area contributed by atoms with Gasteiger partial charge < -0.3 is 30.3 Å². The van der Waals surface area contributed by atoms with Crippen LogP contribution in [0.4, 0.5) is 33.7 Å². The van der Waals surface area contributed by atoms with E-state index in [9.17, 15) is 37.1 Å². The molecule has 4 amide bonds. The number of carbonyl (C=O) groups is 3. The first-order chi connectivity index (χ1) is 19.3. The van der Waals surface area contributed by atoms with Crippen LogP contribution < -0.4 is 15.4 Å². The normalized spacial score (nSPS) is 18.2. The van der Waals surface area contributed by atoms with Gasteiger partial charge in [0.25, 0.3) is 0 Å². The summed E-state index contributed by atoms with van der Waals surface area (Å²) in [7, 11) is 1.56. The largest absolute Gasteiger partial charge is 0.488 e. The van der Waals surface area contributed by atoms with E-state index < -0.39 is 48.9 Å². The van der Waals surface area contributed by atoms with E-state index in [1.54, 1.807) is 14.0 Å². The average molecular weight is 583 g/mol. The highest BCUT2D eigenvalue weighted by atomic mass is 19.4. The van der Waals surface area contributed by atoms with E-state index in [0.29, 0.717) is 17.0 Å². The third-order valence-electron chi connectivity index (χ3n) is 6.73. The lowest BCUT2D eigenvalue weighted by atomic mass is 10.0. The summed E-state index contributed by atoms with van der Waals surface area (Å²) in [5.74, 6) is -1.57. The SMILES string of the molecule is C[C@H]1CN([C@@H](C)CO)C(=O)Cc2cc(NC(=O)CCC(F)(F)F)ccc2O[C@H]1CN(C)C(=O)Nc1ccc(F)cc1. The van der Waals surface area contributed by atoms with Crippen LogP contribution in [0.1, 0.15) is 32.3 Å². The van der Waals surface area contributed by atoms with E-state index in [1.807, 2.05) is 6.92 Å². The number of benzene rings is 2. The van der Waals surface area contributed by atoms with Gasteiger partial charge in [0, 0.05) is 42.9 Å². The smallest absolute Gasteiger partial charge is 0.389 e. The van der Waals surface area contributed by atoms with Crippen molar-refractivity contribution < 1.29 is 41.8 Å². The molecule has 3 rings (SSSR count). The summed E-state index contributed by atoms with van der Waals surface area (Å²) in [5.41, 5.74) is 0.986. The van der Waals surface area contributed by atoms with Crippen molar-refractivity contribution in [2.45, 2.75) is 51.4 Å². The third-order valence-corrected chi connectivity index (χ3v) is 6.73. The molecular formula is C28H34F4N4O5. The number of ether oxygens (including phenoxy) is 1. The Labute approximate surface area is 235 Å². The number of rotatable bonds is 8. The lowest BCUT2D eigenvalue weighted by Gasteiger charge is -2.34. The summed E-state index contributed by atoms with van der Waals surface area (Å²) in [6.45, 7) is 3.57. The molecule has 1 heterocycles. The monoisotopic (exact) mass is 582 g/mol. The maximum atomic E-state index is 13.3. The van der Waals surface area contributed by atoms with Crippen LogP contribution in [-0.2, 0) is 16.0 Å². The van der Waals surface area contributed by atoms with Gasteiger partial charge >= 0.3 is 12.2 Å². The minimum absolute atomic E-state index is 0.0963. The zero-order valence-corrected chi connectivity index (χ0v) is 23.0. The van der Waals surface area contributed by atoms with Gasteiger partial charge in [0.2, 0.25) is 11.8 Å². The Balaban J connectivity index is 1.84. The molecule has 0 spiro atoms. The number of nitrogens with one attached hydrogen (secondary N) is 2. The summed E-state index contributed by atoms with van der Waals surface area (Å²) in [5, 5.41) is 14.9. The highest BCUT2D eigenvalue weighted by molar-refractivity contribution is 5.91. The van der Waals surface area contributed by atoms with Crippen molar-refractivity contribution in [3.05, 3.63) is 53.8 Å². The third kappa shape index (κ3) is 9.34. The van der Waals surface area contributed by atoms with Crippen molar-refractivity contribution in [2.75, 3.05) is 37.4 Å². The number of aliphatic hydroxyl groups excluding tert-OH is 1. The average Bonchev–Trinajstić information content (AvgIpc) is 2.95. The predicted octanol–water partition coefficient (Wildman–Crippen LogP) is 4.42. The van der Waals surface area contributed by atoms with E-state index in [4.69, 9.17) is 4.74 Å². The molecule has 2 aromatic carbocycles. The molecule has 2 aromatic rings. The number of urea groups is 1. The zero-order valence-electron chi connectivity index (χ0n) is 23.0. The zero-order chi connectivity index (χ0) is 30.3. The van der Waals surface area contributed by atoms with E-state index in [-0.39, 0.29) is 43.6 Å². The summed E-state index contributed by atoms with van der Waals surface area (Å²) in [6, 6.07) is 8.76. The van der Waals surface area contributed by atoms with Crippen molar-refractivity contribution in [1.29, 1.82) is 0 Å². The number of halogens is 4. The Morgan fingerprint density at radius 1 is 1.15 bits per heavy atom. The molecular weight excluding hydrogens is 548 g/mol. The number of aliphatic hydroxyl groups is 1. The minimum Gasteiger partial charge on any atom is -0.488 e. The number of fused-ring (bicyclic) bond motifs is 1. The Kier molecular flexibility index (Phi) is 10.5. The Morgan fingerprint density at radius 2 is 1.80 bits per heavy atom. The van der Waals surface area contributed by atoms with Crippen LogP contribution in [0.25, 0.3) is 0 Å². The molecule has 0 saturated carbocycles. The molecule has 41 heavy (non-hydrogen) atoms. The molecule has 0 aliphatic carbocycles. The fourth-order valence-corrected chi connectivity index (χ4v) is 4.31. The van der Waals surface area contributed by atoms with Crippen LogP contribution in [0.2, 0.25) is 0 Å². The topological polar surface area (TPSA) is 111 Å². The summed E-state index contributed by atoms with van der Waals surface area (Å²) in [6.07, 6.45) is -7.25. The Morgan fingerprint density at radius 3 is 2.44 bits per heavy atom. The Hall–Kier alpha value is -3.87. The lowest BCUT2D eigenvalue weighted by molar-refractivity contribution is -0.142. The van der Waals surface area contributed by atoms with E-state index in [2.05, 4.69) is 10.6 Å². The van der Waals surface area contributed by atoms with Crippen molar-refractivity contribution >= 4 is 29.2 Å². The van der Waals surface area contributed by atoms with Gasteiger partial charge in [-0.25, -0.2) is 9.18 Å². The number of nitrogens with zero attached hydrogens (tertiary/aromatic N) is 2. The van der Waals surface area contributed by atoms with Crippen LogP contribution >= 0.6 is 0 Å². The summed E-state index contributed by atoms with van der Waals surface area (Å²) in [4.78, 5) is 41.1. The second-order valence-electron chi connectivity index (χ2n) is 10.2. The predicted molar refractivity (Wildman–Crippen MR) is 144 cm³/mol. The van der Waals surface area contributed by atoms with Crippen LogP contribution in [0.5, 0.6) is 5.75 Å². The fourth-order valence-electron chi connectivity index (χ4n) is 4.31. The van der Waals surface area contributed by atoms with Crippen LogP contribution in [0, 0.1) is 11.7 Å². The number of carbonyl (C=O) groups excluding carboxylic acids is 3. The molecule has 0 aromatic heterocycles. The minimum atomic E-state index is -4.47. The maximum Gasteiger partial charge on any atom is 0.389 e. The van der Waals surface area contributed by atoms with E-state index in [0.717, 1.165) is 0 Å². The molecule has 13 heteroatoms. The van der Waals surface area contributed by atoms with E-state index in [1.165, 1.54) is 52.3 Å². The number of alkyl halides is 3. The fraction of sp³-hybridized carbons (Fsp3) is 0.464. The number of hydrogen-bond acceptors (Lipinski definition) is 5. The summed E-state index contributed by atoms with van der Waals surface area (Å²) < 4.78 is 57.1. The quantitative estimate of drug-likeness (QED) is 0.399. The van der Waals surface area contributed by atoms with Gasteiger partial charge in [-0.2, -0.15) is 13.2 Å². The molecule has 3 atom stereocenters. The molecule has 0 unspecified atom stereocenters. The lowest BCUT2D eigenvalue weighted by Crippen LogP contribution is -2.48. The van der Waals surface area contributed by atoms with Crippen LogP contribution in [0.3, 0.4) is 0 Å². The molecule has 3 N–H and O–H groups in total. The molecule has 9 nitrogen and oxygen atoms in total. The molecule has 1 aliphatic heterocycles. The molecule has 0 radical (unpaired) electrons. The molecule has 0 fully saturated rings. The van der Waals surface area contributed by atoms with Gasteiger partial charge in [-0.3, -0.25) is 9.59 Å². The van der Waals surface area contributed by atoms with E-state index >= 15 is 0 Å². The number of likely N-dealkylation sites (N-methyl/N-ethyl adjacent to an activating group) is 1. The van der Waals surface area contributed by atoms with Gasteiger partial charge in [-0.15, -0.1) is 0 Å². The van der Waals surface area contributed by atoms with Gasteiger partial charge in [-0.1, -0.05) is 6.92 Å². The van der Waals surface area contributed by atoms with Crippen molar-refractivity contribution in [3.8, 4) is 5.75 Å². The van der Waals surface area contributed by atoms with Crippen LogP contribution in [0.15, 0.2) is 42.5 Å². The van der Waals surface area contributed by atoms with Gasteiger partial charge in [-0.05, 0) is 49.4 Å². The first-order valence-corrected chi connectivity index (χ1v) is 13.1. The van der Waals surface area contributed by atoms with Crippen molar-refractivity contribution in [2.24, 2.45) is 5.92 Å². The molecule has 0 bridgehead atoms. The number of hydrogen-bond donors (Lipinski definition) is 3. The highest BCUT2D eigenvalue weighted by Gasteiger charge is 2.32. The number of anilines is 2. The Bertz CT molecular complexity index is 1220.